The number of ether oxygens (including phenoxy) is 4. The van der Waals surface area contributed by atoms with Gasteiger partial charge in [-0.15, -0.1) is 0 Å². The third-order valence-electron chi connectivity index (χ3n) is 7.11. The Kier molecular flexibility index (Phi) is 6.20. The fourth-order valence-corrected chi connectivity index (χ4v) is 5.46. The summed E-state index contributed by atoms with van der Waals surface area (Å²) in [6.45, 7) is 0.543. The van der Waals surface area contributed by atoms with Crippen LogP contribution in [0.2, 0.25) is 0 Å². The average molecular weight is 499 g/mol. The Morgan fingerprint density at radius 3 is 2.54 bits per heavy atom. The first-order valence-electron chi connectivity index (χ1n) is 12.3. The summed E-state index contributed by atoms with van der Waals surface area (Å²) in [7, 11) is 0. The minimum absolute atomic E-state index is 0.0949. The Labute approximate surface area is 214 Å². The quantitative estimate of drug-likeness (QED) is 0.321. The first kappa shape index (κ1) is 23.4. The number of pyridine rings is 1. The van der Waals surface area contributed by atoms with Gasteiger partial charge >= 0.3 is 0 Å². The topological polar surface area (TPSA) is 99.3 Å². The highest BCUT2D eigenvalue weighted by Gasteiger charge is 2.77. The third-order valence-corrected chi connectivity index (χ3v) is 7.11. The van der Waals surface area contributed by atoms with E-state index in [0.29, 0.717) is 29.8 Å². The summed E-state index contributed by atoms with van der Waals surface area (Å²) < 4.78 is 24.5. The van der Waals surface area contributed by atoms with Crippen LogP contribution in [0.15, 0.2) is 96.2 Å². The number of carbonyl (C=O) groups is 2. The predicted molar refractivity (Wildman–Crippen MR) is 132 cm³/mol. The number of rotatable bonds is 11. The Morgan fingerprint density at radius 2 is 1.81 bits per heavy atom. The molecule has 0 spiro atoms. The molecule has 1 aromatic heterocycles. The molecule has 3 aliphatic heterocycles. The van der Waals surface area contributed by atoms with Gasteiger partial charge in [0.2, 0.25) is 5.91 Å². The Bertz CT molecular complexity index is 1260. The van der Waals surface area contributed by atoms with E-state index >= 15 is 0 Å². The van der Waals surface area contributed by atoms with Gasteiger partial charge in [-0.3, -0.25) is 14.6 Å². The Hall–Kier alpha value is -4.01. The number of hydrogen-bond donors (Lipinski definition) is 1. The van der Waals surface area contributed by atoms with E-state index in [1.54, 1.807) is 6.20 Å². The van der Waals surface area contributed by atoms with Crippen LogP contribution in [0, 0.1) is 0 Å². The summed E-state index contributed by atoms with van der Waals surface area (Å²) >= 11 is 0. The highest BCUT2D eigenvalue weighted by Crippen LogP contribution is 2.60. The van der Waals surface area contributed by atoms with Crippen molar-refractivity contribution in [2.45, 2.75) is 43.0 Å². The van der Waals surface area contributed by atoms with Gasteiger partial charge in [0.15, 0.2) is 5.60 Å². The average Bonchev–Trinajstić information content (AvgIpc) is 3.61. The molecule has 8 nitrogen and oxygen atoms in total. The molecule has 6 rings (SSSR count). The van der Waals surface area contributed by atoms with Crippen LogP contribution in [0.4, 0.5) is 0 Å². The largest absolute Gasteiger partial charge is 0.487 e. The molecule has 0 aliphatic carbocycles. The van der Waals surface area contributed by atoms with E-state index in [1.165, 1.54) is 0 Å². The van der Waals surface area contributed by atoms with Crippen LogP contribution in [-0.2, 0) is 36.8 Å². The maximum absolute atomic E-state index is 13.5. The summed E-state index contributed by atoms with van der Waals surface area (Å²) in [5.41, 5.74) is 1.72. The highest BCUT2D eigenvalue weighted by atomic mass is 16.7. The molecule has 2 saturated heterocycles. The van der Waals surface area contributed by atoms with Gasteiger partial charge in [0.1, 0.15) is 36.8 Å². The molecular weight excluding hydrogens is 472 g/mol. The molecule has 2 fully saturated rings. The van der Waals surface area contributed by atoms with Crippen molar-refractivity contribution in [3.8, 4) is 5.75 Å². The lowest BCUT2D eigenvalue weighted by atomic mass is 9.76. The third kappa shape index (κ3) is 4.28. The van der Waals surface area contributed by atoms with E-state index in [0.717, 1.165) is 11.3 Å². The lowest BCUT2D eigenvalue weighted by Crippen LogP contribution is -2.53. The summed E-state index contributed by atoms with van der Waals surface area (Å²) in [6, 6.07) is 25.0. The van der Waals surface area contributed by atoms with E-state index in [4.69, 9.17) is 18.9 Å². The molecule has 2 aromatic carbocycles. The molecule has 37 heavy (non-hydrogen) atoms. The van der Waals surface area contributed by atoms with Crippen molar-refractivity contribution in [1.82, 2.24) is 10.3 Å². The normalized spacial score (nSPS) is 25.8. The minimum Gasteiger partial charge on any atom is -0.487 e. The maximum Gasteiger partial charge on any atom is 0.293 e. The van der Waals surface area contributed by atoms with E-state index in [2.05, 4.69) is 10.3 Å². The van der Waals surface area contributed by atoms with E-state index in [-0.39, 0.29) is 31.3 Å². The number of aromatic nitrogens is 1. The zero-order valence-electron chi connectivity index (χ0n) is 20.0. The van der Waals surface area contributed by atoms with E-state index < -0.39 is 17.8 Å². The van der Waals surface area contributed by atoms with Gasteiger partial charge < -0.3 is 24.3 Å². The minimum atomic E-state index is -1.08. The molecule has 2 bridgehead atoms. The zero-order chi connectivity index (χ0) is 25.2. The first-order valence-corrected chi connectivity index (χ1v) is 12.3. The van der Waals surface area contributed by atoms with Crippen molar-refractivity contribution in [1.29, 1.82) is 0 Å². The van der Waals surface area contributed by atoms with Crippen molar-refractivity contribution in [2.24, 2.45) is 0 Å². The number of para-hydroxylation sites is 1. The van der Waals surface area contributed by atoms with Gasteiger partial charge in [0, 0.05) is 18.2 Å². The highest BCUT2D eigenvalue weighted by molar-refractivity contribution is 5.97. The molecule has 1 N–H and O–H groups in total. The fraction of sp³-hybridized carbons (Fsp3) is 0.276. The second-order valence-corrected chi connectivity index (χ2v) is 9.27. The van der Waals surface area contributed by atoms with Gasteiger partial charge in [-0.25, -0.2) is 0 Å². The molecule has 3 aliphatic rings. The van der Waals surface area contributed by atoms with Gasteiger partial charge in [-0.1, -0.05) is 54.6 Å². The molecule has 1 amide bonds. The lowest BCUT2D eigenvalue weighted by Gasteiger charge is -2.37. The van der Waals surface area contributed by atoms with Crippen LogP contribution in [0.3, 0.4) is 0 Å². The number of nitrogens with zero attached hydrogens (tertiary/aromatic N) is 1. The van der Waals surface area contributed by atoms with Crippen LogP contribution < -0.4 is 10.1 Å². The summed E-state index contributed by atoms with van der Waals surface area (Å²) in [5, 5.41) is 2.95. The number of benzene rings is 2. The molecule has 8 heteroatoms. The maximum atomic E-state index is 13.5. The van der Waals surface area contributed by atoms with Crippen LogP contribution in [-0.4, -0.2) is 54.0 Å². The lowest BCUT2D eigenvalue weighted by molar-refractivity contribution is -0.130. The molecule has 0 saturated carbocycles. The Balaban J connectivity index is 1.38. The number of nitrogens with one attached hydrogen (secondary N) is 1. The van der Waals surface area contributed by atoms with Crippen molar-refractivity contribution in [3.63, 3.8) is 0 Å². The second-order valence-electron chi connectivity index (χ2n) is 9.27. The van der Waals surface area contributed by atoms with Crippen LogP contribution >= 0.6 is 0 Å². The number of carbonyl (C=O) groups excluding carboxylic acids is 2. The Morgan fingerprint density at radius 1 is 1.05 bits per heavy atom. The number of epoxide rings is 1. The van der Waals surface area contributed by atoms with Crippen molar-refractivity contribution in [3.05, 3.63) is 107 Å². The summed E-state index contributed by atoms with van der Waals surface area (Å²) in [6.07, 6.45) is 0.515. The number of hydrogen-bond acceptors (Lipinski definition) is 7. The molecule has 5 atom stereocenters. The smallest absolute Gasteiger partial charge is 0.293 e. The van der Waals surface area contributed by atoms with Crippen molar-refractivity contribution in [2.75, 3.05) is 6.61 Å². The summed E-state index contributed by atoms with van der Waals surface area (Å²) in [4.78, 5) is 29.0. The standard InChI is InChI=1S/C29H26N2O6/c32-18-34-17-22-24(28(33)31-16-20-11-7-8-14-30-20)25-26-27(36-26)29(22,37-25)23(15-19-9-3-1-4-10-19)35-21-12-5-2-6-13-21/h1-14,18,23,25-27H,15-17H2,(H,31,33). The first-order chi connectivity index (χ1) is 18.2. The molecule has 5 unspecified atom stereocenters. The molecule has 4 heterocycles. The zero-order valence-corrected chi connectivity index (χ0v) is 20.0. The van der Waals surface area contributed by atoms with Gasteiger partial charge in [-0.2, -0.15) is 0 Å². The second kappa shape index (κ2) is 9.80. The van der Waals surface area contributed by atoms with E-state index in [9.17, 15) is 9.59 Å². The van der Waals surface area contributed by atoms with Crippen molar-refractivity contribution < 1.29 is 28.5 Å². The van der Waals surface area contributed by atoms with Crippen molar-refractivity contribution >= 4 is 12.4 Å². The van der Waals surface area contributed by atoms with Gasteiger partial charge in [0.05, 0.1) is 17.8 Å². The molecule has 188 valence electrons. The molecule has 0 radical (unpaired) electrons. The van der Waals surface area contributed by atoms with Crippen LogP contribution in [0.5, 0.6) is 5.75 Å². The van der Waals surface area contributed by atoms with E-state index in [1.807, 2.05) is 78.9 Å². The van der Waals surface area contributed by atoms with Gasteiger partial charge in [-0.05, 0) is 29.8 Å². The summed E-state index contributed by atoms with van der Waals surface area (Å²) in [5.74, 6) is 0.375. The predicted octanol–water partition coefficient (Wildman–Crippen LogP) is 2.78. The SMILES string of the molecule is O=COCC1=C(C(=O)NCc2ccccn2)C2OC1(C(Cc1ccccc1)Oc1ccccc1)C1OC21. The number of amides is 1. The van der Waals surface area contributed by atoms with Gasteiger partial charge in [0.25, 0.3) is 6.47 Å². The number of fused-ring (bicyclic) bond motifs is 5. The van der Waals surface area contributed by atoms with Crippen LogP contribution in [0.25, 0.3) is 0 Å². The monoisotopic (exact) mass is 498 g/mol. The fourth-order valence-electron chi connectivity index (χ4n) is 5.46. The van der Waals surface area contributed by atoms with Crippen LogP contribution in [0.1, 0.15) is 11.3 Å². The molecule has 3 aromatic rings. The molecular formula is C29H26N2O6.